The summed E-state index contributed by atoms with van der Waals surface area (Å²) in [5.74, 6) is 1.35. The lowest BCUT2D eigenvalue weighted by atomic mass is 10.2. The molecule has 0 radical (unpaired) electrons. The van der Waals surface area contributed by atoms with Gasteiger partial charge in [-0.15, -0.1) is 0 Å². The van der Waals surface area contributed by atoms with Crippen molar-refractivity contribution in [2.24, 2.45) is 0 Å². The first-order chi connectivity index (χ1) is 8.74. The fraction of sp³-hybridized carbons (Fsp3) is 0.467. The van der Waals surface area contributed by atoms with Gasteiger partial charge in [-0.1, -0.05) is 32.9 Å². The van der Waals surface area contributed by atoms with Crippen molar-refractivity contribution < 1.29 is 13.9 Å². The quantitative estimate of drug-likeness (QED) is 0.851. The van der Waals surface area contributed by atoms with Gasteiger partial charge in [0.1, 0.15) is 18.1 Å². The number of furan rings is 1. The summed E-state index contributed by atoms with van der Waals surface area (Å²) in [6.07, 6.45) is 0. The van der Waals surface area contributed by atoms with Gasteiger partial charge in [0, 0.05) is 5.39 Å². The maximum Gasteiger partial charge on any atom is 0.250 e. The molecular weight excluding hydrogens is 256 g/mol. The van der Waals surface area contributed by atoms with Crippen LogP contribution in [0.25, 0.3) is 11.0 Å². The topological polar surface area (TPSA) is 42.6 Å². The number of para-hydroxylation sites is 1. The molecule has 2 aromatic rings. The summed E-state index contributed by atoms with van der Waals surface area (Å²) < 4.78 is 12.0. The maximum atomic E-state index is 9.17. The van der Waals surface area contributed by atoms with Gasteiger partial charge in [-0.2, -0.15) is 0 Å². The minimum atomic E-state index is -1.89. The van der Waals surface area contributed by atoms with Crippen molar-refractivity contribution in [3.8, 4) is 5.75 Å². The molecule has 19 heavy (non-hydrogen) atoms. The molecule has 1 aromatic carbocycles. The molecule has 0 aliphatic rings. The number of hydrogen-bond acceptors (Lipinski definition) is 3. The molecule has 0 saturated heterocycles. The van der Waals surface area contributed by atoms with Crippen LogP contribution in [-0.2, 0) is 6.61 Å². The third-order valence-corrected chi connectivity index (χ3v) is 8.23. The fourth-order valence-electron chi connectivity index (χ4n) is 1.68. The second-order valence-electron chi connectivity index (χ2n) is 6.41. The number of fused-ring (bicyclic) bond motifs is 1. The van der Waals surface area contributed by atoms with Gasteiger partial charge < -0.3 is 13.9 Å². The van der Waals surface area contributed by atoms with E-state index in [4.69, 9.17) is 13.9 Å². The Bertz CT molecular complexity index is 579. The molecule has 0 aliphatic heterocycles. The zero-order valence-electron chi connectivity index (χ0n) is 12.3. The molecule has 104 valence electrons. The SMILES string of the molecule is CC(C)(C)[Si](C)(C)Oc1cccc2cc(CO)oc12. The van der Waals surface area contributed by atoms with Gasteiger partial charge >= 0.3 is 0 Å². The predicted octanol–water partition coefficient (Wildman–Crippen LogP) is 4.31. The normalized spacial score (nSPS) is 12.9. The van der Waals surface area contributed by atoms with Crippen LogP contribution in [0.5, 0.6) is 5.75 Å². The van der Waals surface area contributed by atoms with Gasteiger partial charge in [0.25, 0.3) is 8.32 Å². The van der Waals surface area contributed by atoms with Crippen LogP contribution in [0, 0.1) is 0 Å². The van der Waals surface area contributed by atoms with E-state index in [-0.39, 0.29) is 11.6 Å². The highest BCUT2D eigenvalue weighted by molar-refractivity contribution is 6.74. The minimum Gasteiger partial charge on any atom is -0.541 e. The molecule has 0 amide bonds. The molecule has 1 N–H and O–H groups in total. The third-order valence-electron chi connectivity index (χ3n) is 3.89. The second kappa shape index (κ2) is 4.69. The van der Waals surface area contributed by atoms with E-state index in [0.29, 0.717) is 5.76 Å². The molecule has 0 saturated carbocycles. The highest BCUT2D eigenvalue weighted by Gasteiger charge is 2.39. The summed E-state index contributed by atoms with van der Waals surface area (Å²) in [5, 5.41) is 10.3. The zero-order valence-corrected chi connectivity index (χ0v) is 13.3. The highest BCUT2D eigenvalue weighted by atomic mass is 28.4. The number of aliphatic hydroxyl groups excluding tert-OH is 1. The largest absolute Gasteiger partial charge is 0.541 e. The number of rotatable bonds is 3. The lowest BCUT2D eigenvalue weighted by Gasteiger charge is -2.36. The van der Waals surface area contributed by atoms with Crippen molar-refractivity contribution in [2.75, 3.05) is 0 Å². The average Bonchev–Trinajstić information content (AvgIpc) is 2.71. The van der Waals surface area contributed by atoms with E-state index < -0.39 is 8.32 Å². The van der Waals surface area contributed by atoms with Crippen LogP contribution in [0.4, 0.5) is 0 Å². The fourth-order valence-corrected chi connectivity index (χ4v) is 2.69. The monoisotopic (exact) mass is 278 g/mol. The van der Waals surface area contributed by atoms with E-state index in [0.717, 1.165) is 16.7 Å². The molecule has 0 unspecified atom stereocenters. The van der Waals surface area contributed by atoms with Crippen LogP contribution in [0.15, 0.2) is 28.7 Å². The standard InChI is InChI=1S/C15H22O3Si/c1-15(2,3)19(4,5)18-13-8-6-7-11-9-12(10-16)17-14(11)13/h6-9,16H,10H2,1-5H3. The average molecular weight is 278 g/mol. The van der Waals surface area contributed by atoms with Gasteiger partial charge in [0.2, 0.25) is 0 Å². The lowest BCUT2D eigenvalue weighted by molar-refractivity contribution is 0.250. The van der Waals surface area contributed by atoms with Crippen LogP contribution in [0.2, 0.25) is 18.1 Å². The van der Waals surface area contributed by atoms with Crippen molar-refractivity contribution in [1.82, 2.24) is 0 Å². The number of aliphatic hydroxyl groups is 1. The van der Waals surface area contributed by atoms with Crippen LogP contribution in [-0.4, -0.2) is 13.4 Å². The Hall–Kier alpha value is -1.26. The first kappa shape index (κ1) is 14.2. The molecule has 4 heteroatoms. The van der Waals surface area contributed by atoms with Crippen molar-refractivity contribution in [3.05, 3.63) is 30.0 Å². The molecule has 1 heterocycles. The summed E-state index contributed by atoms with van der Waals surface area (Å²) in [7, 11) is -1.89. The van der Waals surface area contributed by atoms with Crippen LogP contribution < -0.4 is 4.43 Å². The number of hydrogen-bond donors (Lipinski definition) is 1. The number of benzene rings is 1. The van der Waals surface area contributed by atoms with E-state index in [1.54, 1.807) is 0 Å². The molecule has 0 aliphatic carbocycles. The molecule has 0 atom stereocenters. The Morgan fingerprint density at radius 2 is 1.95 bits per heavy atom. The smallest absolute Gasteiger partial charge is 0.250 e. The van der Waals surface area contributed by atoms with E-state index in [1.165, 1.54) is 0 Å². The zero-order chi connectivity index (χ0) is 14.3. The van der Waals surface area contributed by atoms with Crippen LogP contribution >= 0.6 is 0 Å². The summed E-state index contributed by atoms with van der Waals surface area (Å²) in [4.78, 5) is 0. The summed E-state index contributed by atoms with van der Waals surface area (Å²) in [6.45, 7) is 11.0. The molecule has 0 bridgehead atoms. The first-order valence-electron chi connectivity index (χ1n) is 6.56. The van der Waals surface area contributed by atoms with Gasteiger partial charge in [-0.3, -0.25) is 0 Å². The Morgan fingerprint density at radius 1 is 1.26 bits per heavy atom. The Kier molecular flexibility index (Phi) is 3.49. The molecule has 3 nitrogen and oxygen atoms in total. The Morgan fingerprint density at radius 3 is 2.53 bits per heavy atom. The van der Waals surface area contributed by atoms with Gasteiger partial charge in [-0.25, -0.2) is 0 Å². The molecule has 0 fully saturated rings. The molecular formula is C15H22O3Si. The van der Waals surface area contributed by atoms with E-state index >= 15 is 0 Å². The van der Waals surface area contributed by atoms with Crippen molar-refractivity contribution in [1.29, 1.82) is 0 Å². The van der Waals surface area contributed by atoms with E-state index in [2.05, 4.69) is 33.9 Å². The lowest BCUT2D eigenvalue weighted by Crippen LogP contribution is -2.43. The van der Waals surface area contributed by atoms with Gasteiger partial charge in [0.15, 0.2) is 5.58 Å². The minimum absolute atomic E-state index is 0.0891. The summed E-state index contributed by atoms with van der Waals surface area (Å²) in [5.41, 5.74) is 0.733. The van der Waals surface area contributed by atoms with Gasteiger partial charge in [0.05, 0.1) is 0 Å². The van der Waals surface area contributed by atoms with E-state index in [1.807, 2.05) is 24.3 Å². The maximum absolute atomic E-state index is 9.17. The van der Waals surface area contributed by atoms with E-state index in [9.17, 15) is 0 Å². The summed E-state index contributed by atoms with van der Waals surface area (Å²) in [6, 6.07) is 7.72. The van der Waals surface area contributed by atoms with Crippen LogP contribution in [0.3, 0.4) is 0 Å². The second-order valence-corrected chi connectivity index (χ2v) is 11.1. The van der Waals surface area contributed by atoms with Crippen molar-refractivity contribution >= 4 is 19.3 Å². The first-order valence-corrected chi connectivity index (χ1v) is 9.47. The Balaban J connectivity index is 2.43. The molecule has 2 rings (SSSR count). The van der Waals surface area contributed by atoms with Crippen molar-refractivity contribution in [3.63, 3.8) is 0 Å². The third kappa shape index (κ3) is 2.69. The molecule has 0 spiro atoms. The van der Waals surface area contributed by atoms with Gasteiger partial charge in [-0.05, 0) is 30.3 Å². The molecule has 1 aromatic heterocycles. The van der Waals surface area contributed by atoms with Crippen molar-refractivity contribution in [2.45, 2.75) is 45.5 Å². The van der Waals surface area contributed by atoms with Crippen LogP contribution in [0.1, 0.15) is 26.5 Å². The highest BCUT2D eigenvalue weighted by Crippen LogP contribution is 2.39. The Labute approximate surface area is 115 Å². The predicted molar refractivity (Wildman–Crippen MR) is 80.0 cm³/mol. The summed E-state index contributed by atoms with van der Waals surface area (Å²) >= 11 is 0.